The van der Waals surface area contributed by atoms with Crippen molar-refractivity contribution in [3.05, 3.63) is 52.1 Å². The molecule has 0 amide bonds. The molecule has 0 fully saturated rings. The Morgan fingerprint density at radius 2 is 1.78 bits per heavy atom. The predicted molar refractivity (Wildman–Crippen MR) is 94.7 cm³/mol. The molecule has 2 N–H and O–H groups in total. The minimum Gasteiger partial charge on any atom is -0.492 e. The van der Waals surface area contributed by atoms with Crippen molar-refractivity contribution in [3.8, 4) is 11.5 Å². The maximum absolute atomic E-state index is 6.30. The third-order valence-electron chi connectivity index (χ3n) is 4.96. The summed E-state index contributed by atoms with van der Waals surface area (Å²) in [5.74, 6) is 2.37. The molecule has 0 bridgehead atoms. The number of hydrogen-bond donors (Lipinski definition) is 1. The van der Waals surface area contributed by atoms with Crippen molar-refractivity contribution in [1.82, 2.24) is 0 Å². The van der Waals surface area contributed by atoms with Gasteiger partial charge in [0.25, 0.3) is 0 Å². The first-order valence-electron chi connectivity index (χ1n) is 8.14. The van der Waals surface area contributed by atoms with E-state index in [4.69, 9.17) is 15.2 Å². The quantitative estimate of drug-likeness (QED) is 0.846. The van der Waals surface area contributed by atoms with Crippen LogP contribution in [0.5, 0.6) is 11.5 Å². The Labute approximate surface area is 138 Å². The van der Waals surface area contributed by atoms with Crippen LogP contribution in [-0.4, -0.2) is 13.7 Å². The number of ether oxygens (including phenoxy) is 2. The largest absolute Gasteiger partial charge is 0.492 e. The van der Waals surface area contributed by atoms with Gasteiger partial charge in [0.15, 0.2) is 11.5 Å². The predicted octanol–water partition coefficient (Wildman–Crippen LogP) is 4.54. The van der Waals surface area contributed by atoms with E-state index in [0.29, 0.717) is 12.5 Å². The van der Waals surface area contributed by atoms with Gasteiger partial charge >= 0.3 is 0 Å². The molecule has 2 aromatic rings. The van der Waals surface area contributed by atoms with Crippen LogP contribution in [0.2, 0.25) is 0 Å². The molecule has 0 radical (unpaired) electrons. The van der Waals surface area contributed by atoms with E-state index in [1.807, 2.05) is 6.92 Å². The summed E-state index contributed by atoms with van der Waals surface area (Å²) in [6.45, 7) is 9.11. The highest BCUT2D eigenvalue weighted by molar-refractivity contribution is 5.71. The monoisotopic (exact) mass is 311 g/mol. The van der Waals surface area contributed by atoms with Crippen LogP contribution in [0.1, 0.15) is 53.5 Å². The average Bonchev–Trinajstić information content (AvgIpc) is 2.98. The Morgan fingerprint density at radius 1 is 1.13 bits per heavy atom. The zero-order valence-electron chi connectivity index (χ0n) is 14.6. The van der Waals surface area contributed by atoms with Gasteiger partial charge in [-0.1, -0.05) is 38.1 Å². The molecule has 23 heavy (non-hydrogen) atoms. The lowest BCUT2D eigenvalue weighted by atomic mass is 9.87. The molecule has 0 aromatic heterocycles. The van der Waals surface area contributed by atoms with Crippen LogP contribution in [0.3, 0.4) is 0 Å². The van der Waals surface area contributed by atoms with Gasteiger partial charge in [-0.05, 0) is 36.5 Å². The second-order valence-corrected chi connectivity index (χ2v) is 6.62. The van der Waals surface area contributed by atoms with Gasteiger partial charge in [-0.25, -0.2) is 0 Å². The van der Waals surface area contributed by atoms with Crippen molar-refractivity contribution in [1.29, 1.82) is 0 Å². The highest BCUT2D eigenvalue weighted by Gasteiger charge is 2.33. The number of rotatable bonds is 3. The van der Waals surface area contributed by atoms with Crippen molar-refractivity contribution in [3.63, 3.8) is 0 Å². The molecule has 1 heterocycles. The van der Waals surface area contributed by atoms with E-state index in [1.54, 1.807) is 7.11 Å². The summed E-state index contributed by atoms with van der Waals surface area (Å²) in [5, 5.41) is 0. The fourth-order valence-corrected chi connectivity index (χ4v) is 3.45. The fraction of sp³-hybridized carbons (Fsp3) is 0.400. The molecule has 0 aliphatic carbocycles. The molecule has 0 saturated heterocycles. The molecule has 3 heteroatoms. The highest BCUT2D eigenvalue weighted by Crippen LogP contribution is 2.49. The van der Waals surface area contributed by atoms with Crippen molar-refractivity contribution in [2.24, 2.45) is 0 Å². The Balaban J connectivity index is 2.09. The van der Waals surface area contributed by atoms with Gasteiger partial charge in [-0.3, -0.25) is 0 Å². The van der Waals surface area contributed by atoms with Gasteiger partial charge in [-0.2, -0.15) is 0 Å². The molecule has 1 atom stereocenters. The van der Waals surface area contributed by atoms with Gasteiger partial charge in [0, 0.05) is 22.7 Å². The smallest absolute Gasteiger partial charge is 0.166 e. The van der Waals surface area contributed by atoms with Gasteiger partial charge in [0.05, 0.1) is 13.7 Å². The molecule has 1 aliphatic rings. The van der Waals surface area contributed by atoms with Crippen LogP contribution in [-0.2, 0) is 0 Å². The van der Waals surface area contributed by atoms with E-state index in [2.05, 4.69) is 45.0 Å². The first-order valence-corrected chi connectivity index (χ1v) is 8.14. The maximum atomic E-state index is 6.30. The summed E-state index contributed by atoms with van der Waals surface area (Å²) in [6.07, 6.45) is 0. The number of hydrogen-bond acceptors (Lipinski definition) is 3. The number of methoxy groups -OCH3 is 1. The van der Waals surface area contributed by atoms with Crippen molar-refractivity contribution < 1.29 is 9.47 Å². The minimum atomic E-state index is 0.211. The summed E-state index contributed by atoms with van der Waals surface area (Å²) in [5.41, 5.74) is 13.0. The van der Waals surface area contributed by atoms with E-state index in [-0.39, 0.29) is 5.92 Å². The summed E-state index contributed by atoms with van der Waals surface area (Å²) in [6, 6.07) is 8.84. The van der Waals surface area contributed by atoms with E-state index in [9.17, 15) is 0 Å². The number of nitrogen functional groups attached to an aromatic ring is 1. The zero-order valence-corrected chi connectivity index (χ0v) is 14.6. The van der Waals surface area contributed by atoms with Crippen molar-refractivity contribution in [2.45, 2.75) is 39.5 Å². The summed E-state index contributed by atoms with van der Waals surface area (Å²) < 4.78 is 11.6. The Morgan fingerprint density at radius 3 is 2.35 bits per heavy atom. The topological polar surface area (TPSA) is 44.5 Å². The second kappa shape index (κ2) is 5.80. The minimum absolute atomic E-state index is 0.211. The van der Waals surface area contributed by atoms with E-state index >= 15 is 0 Å². The fourth-order valence-electron chi connectivity index (χ4n) is 3.45. The lowest BCUT2D eigenvalue weighted by molar-refractivity contribution is 0.316. The first-order chi connectivity index (χ1) is 11.0. The Kier molecular flexibility index (Phi) is 3.97. The highest BCUT2D eigenvalue weighted by atomic mass is 16.5. The third kappa shape index (κ3) is 2.44. The molecule has 3 nitrogen and oxygen atoms in total. The number of fused-ring (bicyclic) bond motifs is 1. The molecule has 0 saturated carbocycles. The van der Waals surface area contributed by atoms with Crippen molar-refractivity contribution >= 4 is 5.69 Å². The van der Waals surface area contributed by atoms with Gasteiger partial charge < -0.3 is 15.2 Å². The molecule has 1 unspecified atom stereocenters. The first kappa shape index (κ1) is 15.7. The molecule has 0 spiro atoms. The molecular formula is C20H25NO2. The van der Waals surface area contributed by atoms with Crippen molar-refractivity contribution in [2.75, 3.05) is 19.5 Å². The summed E-state index contributed by atoms with van der Waals surface area (Å²) >= 11 is 0. The SMILES string of the molecule is COc1c(C)c(N)c(C)c2c1OCC2c1ccc(C(C)C)cc1. The number of nitrogens with two attached hydrogens (primary N) is 1. The Bertz CT molecular complexity index is 733. The Hall–Kier alpha value is -2.16. The molecule has 122 valence electrons. The molecular weight excluding hydrogens is 286 g/mol. The normalized spacial score (nSPS) is 16.3. The lowest BCUT2D eigenvalue weighted by Crippen LogP contribution is -2.06. The maximum Gasteiger partial charge on any atom is 0.166 e. The number of benzene rings is 2. The van der Waals surface area contributed by atoms with E-state index in [0.717, 1.165) is 28.3 Å². The molecule has 3 rings (SSSR count). The van der Waals surface area contributed by atoms with Crippen LogP contribution in [0.4, 0.5) is 5.69 Å². The molecule has 1 aliphatic heterocycles. The molecule has 2 aromatic carbocycles. The third-order valence-corrected chi connectivity index (χ3v) is 4.96. The standard InChI is InChI=1S/C20H25NO2/c1-11(2)14-6-8-15(9-7-14)16-10-23-20-17(16)12(3)18(21)13(4)19(20)22-5/h6-9,11,16H,10,21H2,1-5H3. The van der Waals surface area contributed by atoms with E-state index in [1.165, 1.54) is 16.7 Å². The zero-order chi connectivity index (χ0) is 16.7. The summed E-state index contributed by atoms with van der Waals surface area (Å²) in [7, 11) is 1.67. The van der Waals surface area contributed by atoms with E-state index < -0.39 is 0 Å². The van der Waals surface area contributed by atoms with Gasteiger partial charge in [0.2, 0.25) is 0 Å². The van der Waals surface area contributed by atoms with Crippen LogP contribution >= 0.6 is 0 Å². The van der Waals surface area contributed by atoms with Crippen LogP contribution in [0.25, 0.3) is 0 Å². The van der Waals surface area contributed by atoms with Gasteiger partial charge in [-0.15, -0.1) is 0 Å². The summed E-state index contributed by atoms with van der Waals surface area (Å²) in [4.78, 5) is 0. The average molecular weight is 311 g/mol. The number of anilines is 1. The van der Waals surface area contributed by atoms with Crippen LogP contribution in [0.15, 0.2) is 24.3 Å². The van der Waals surface area contributed by atoms with Crippen LogP contribution < -0.4 is 15.2 Å². The van der Waals surface area contributed by atoms with Gasteiger partial charge in [0.1, 0.15) is 0 Å². The second-order valence-electron chi connectivity index (χ2n) is 6.62. The van der Waals surface area contributed by atoms with Crippen LogP contribution in [0, 0.1) is 13.8 Å². The lowest BCUT2D eigenvalue weighted by Gasteiger charge is -2.18.